The molecule has 0 unspecified atom stereocenters. The third-order valence-electron chi connectivity index (χ3n) is 3.47. The molecular formula is C14H20FNO2. The highest BCUT2D eigenvalue weighted by molar-refractivity contribution is 5.19. The van der Waals surface area contributed by atoms with Gasteiger partial charge in [-0.3, -0.25) is 0 Å². The highest BCUT2D eigenvalue weighted by Crippen LogP contribution is 2.18. The van der Waals surface area contributed by atoms with Crippen molar-refractivity contribution < 1.29 is 13.9 Å². The van der Waals surface area contributed by atoms with E-state index in [1.165, 1.54) is 12.1 Å². The van der Waals surface area contributed by atoms with Gasteiger partial charge in [0.15, 0.2) is 0 Å². The first-order valence-corrected chi connectivity index (χ1v) is 6.34. The molecule has 1 heterocycles. The lowest BCUT2D eigenvalue weighted by atomic mass is 10.1. The molecule has 1 saturated heterocycles. The van der Waals surface area contributed by atoms with Crippen molar-refractivity contribution in [3.05, 3.63) is 35.6 Å². The highest BCUT2D eigenvalue weighted by atomic mass is 19.1. The molecule has 1 aliphatic rings. The van der Waals surface area contributed by atoms with Crippen LogP contribution in [0.15, 0.2) is 24.3 Å². The fraction of sp³-hybridized carbons (Fsp3) is 0.571. The molecule has 0 aliphatic carbocycles. The molecule has 100 valence electrons. The van der Waals surface area contributed by atoms with Crippen LogP contribution in [0.2, 0.25) is 0 Å². The minimum atomic E-state index is -0.223. The zero-order valence-corrected chi connectivity index (χ0v) is 10.9. The molecule has 1 aromatic rings. The summed E-state index contributed by atoms with van der Waals surface area (Å²) in [6.45, 7) is 3.60. The lowest BCUT2D eigenvalue weighted by molar-refractivity contribution is 0.0867. The van der Waals surface area contributed by atoms with Gasteiger partial charge in [0.1, 0.15) is 5.82 Å². The third kappa shape index (κ3) is 3.28. The lowest BCUT2D eigenvalue weighted by Gasteiger charge is -2.21. The fourth-order valence-corrected chi connectivity index (χ4v) is 2.27. The van der Waals surface area contributed by atoms with Gasteiger partial charge < -0.3 is 14.8 Å². The van der Waals surface area contributed by atoms with Gasteiger partial charge in [-0.1, -0.05) is 12.1 Å². The number of rotatable bonds is 5. The number of nitrogens with one attached hydrogen (secondary N) is 1. The first-order chi connectivity index (χ1) is 8.70. The third-order valence-corrected chi connectivity index (χ3v) is 3.47. The number of halogens is 1. The molecule has 18 heavy (non-hydrogen) atoms. The molecular weight excluding hydrogens is 233 g/mol. The van der Waals surface area contributed by atoms with Gasteiger partial charge >= 0.3 is 0 Å². The predicted molar refractivity (Wildman–Crippen MR) is 68.0 cm³/mol. The van der Waals surface area contributed by atoms with Crippen LogP contribution in [0.5, 0.6) is 0 Å². The molecule has 1 aromatic carbocycles. The molecule has 0 saturated carbocycles. The van der Waals surface area contributed by atoms with Gasteiger partial charge in [-0.15, -0.1) is 0 Å². The molecule has 4 heteroatoms. The van der Waals surface area contributed by atoms with Gasteiger partial charge in [0.25, 0.3) is 0 Å². The van der Waals surface area contributed by atoms with E-state index in [1.54, 1.807) is 19.2 Å². The molecule has 1 fully saturated rings. The van der Waals surface area contributed by atoms with Gasteiger partial charge in [0, 0.05) is 26.3 Å². The van der Waals surface area contributed by atoms with Crippen LogP contribution in [0, 0.1) is 5.82 Å². The van der Waals surface area contributed by atoms with Crippen LogP contribution < -0.4 is 5.32 Å². The predicted octanol–water partition coefficient (Wildman–Crippen LogP) is 2.28. The molecule has 3 atom stereocenters. The quantitative estimate of drug-likeness (QED) is 0.873. The molecule has 0 amide bonds. The first-order valence-electron chi connectivity index (χ1n) is 6.34. The van der Waals surface area contributed by atoms with Crippen LogP contribution in [-0.2, 0) is 9.47 Å². The molecule has 0 radical (unpaired) electrons. The van der Waals surface area contributed by atoms with Crippen LogP contribution in [0.1, 0.15) is 25.0 Å². The molecule has 1 N–H and O–H groups in total. The molecule has 0 aromatic heterocycles. The molecule has 0 spiro atoms. The largest absolute Gasteiger partial charge is 0.377 e. The summed E-state index contributed by atoms with van der Waals surface area (Å²) in [5.74, 6) is -0.223. The summed E-state index contributed by atoms with van der Waals surface area (Å²) in [5, 5.41) is 3.45. The zero-order valence-electron chi connectivity index (χ0n) is 10.9. The maximum atomic E-state index is 12.9. The van der Waals surface area contributed by atoms with Gasteiger partial charge in [-0.2, -0.15) is 0 Å². The van der Waals surface area contributed by atoms with Gasteiger partial charge in [0.2, 0.25) is 0 Å². The van der Waals surface area contributed by atoms with Crippen LogP contribution in [0.25, 0.3) is 0 Å². The van der Waals surface area contributed by atoms with Gasteiger partial charge in [-0.05, 0) is 31.0 Å². The summed E-state index contributed by atoms with van der Waals surface area (Å²) >= 11 is 0. The minimum Gasteiger partial charge on any atom is -0.377 e. The zero-order chi connectivity index (χ0) is 13.0. The van der Waals surface area contributed by atoms with Crippen molar-refractivity contribution in [2.75, 3.05) is 20.3 Å². The van der Waals surface area contributed by atoms with Crippen LogP contribution in [-0.4, -0.2) is 32.4 Å². The Labute approximate surface area is 107 Å². The molecule has 1 aliphatic heterocycles. The second-order valence-corrected chi connectivity index (χ2v) is 4.66. The van der Waals surface area contributed by atoms with E-state index in [-0.39, 0.29) is 18.0 Å². The smallest absolute Gasteiger partial charge is 0.123 e. The van der Waals surface area contributed by atoms with E-state index in [4.69, 9.17) is 9.47 Å². The Balaban J connectivity index is 1.91. The van der Waals surface area contributed by atoms with E-state index >= 15 is 0 Å². The summed E-state index contributed by atoms with van der Waals surface area (Å²) in [4.78, 5) is 0. The Hall–Kier alpha value is -0.970. The second-order valence-electron chi connectivity index (χ2n) is 4.66. The Morgan fingerprint density at radius 3 is 2.72 bits per heavy atom. The van der Waals surface area contributed by atoms with E-state index in [1.807, 2.05) is 0 Å². The van der Waals surface area contributed by atoms with Gasteiger partial charge in [0.05, 0.1) is 12.2 Å². The van der Waals surface area contributed by atoms with Crippen molar-refractivity contribution in [3.63, 3.8) is 0 Å². The van der Waals surface area contributed by atoms with Crippen molar-refractivity contribution in [1.82, 2.24) is 5.32 Å². The Bertz CT molecular complexity index is 369. The van der Waals surface area contributed by atoms with Crippen molar-refractivity contribution in [2.45, 2.75) is 31.6 Å². The van der Waals surface area contributed by atoms with Crippen LogP contribution in [0.3, 0.4) is 0 Å². The van der Waals surface area contributed by atoms with Crippen molar-refractivity contribution in [1.29, 1.82) is 0 Å². The van der Waals surface area contributed by atoms with E-state index in [9.17, 15) is 4.39 Å². The summed E-state index contributed by atoms with van der Waals surface area (Å²) in [5.41, 5.74) is 0.984. The standard InChI is InChI=1S/C14H20FNO2/c1-10-13(7-8-18-10)16-9-14(17-2)11-3-5-12(15)6-4-11/h3-6,10,13-14,16H,7-9H2,1-2H3/t10-,13+,14+/m0/s1. The second kappa shape index (κ2) is 6.27. The highest BCUT2D eigenvalue weighted by Gasteiger charge is 2.24. The number of benzene rings is 1. The summed E-state index contributed by atoms with van der Waals surface area (Å²) < 4.78 is 23.8. The van der Waals surface area contributed by atoms with Crippen LogP contribution >= 0.6 is 0 Å². The normalized spacial score (nSPS) is 25.3. The number of hydrogen-bond acceptors (Lipinski definition) is 3. The lowest BCUT2D eigenvalue weighted by Crippen LogP contribution is -2.37. The maximum absolute atomic E-state index is 12.9. The van der Waals surface area contributed by atoms with Crippen molar-refractivity contribution in [2.24, 2.45) is 0 Å². The number of ether oxygens (including phenoxy) is 2. The van der Waals surface area contributed by atoms with E-state index in [0.29, 0.717) is 12.6 Å². The summed E-state index contributed by atoms with van der Waals surface area (Å²) in [6.07, 6.45) is 1.22. The molecule has 3 nitrogen and oxygen atoms in total. The number of methoxy groups -OCH3 is 1. The summed E-state index contributed by atoms with van der Waals surface area (Å²) in [6, 6.07) is 6.83. The monoisotopic (exact) mass is 253 g/mol. The SMILES string of the molecule is CO[C@H](CN[C@@H]1CCO[C@H]1C)c1ccc(F)cc1. The minimum absolute atomic E-state index is 0.0570. The average Bonchev–Trinajstić information content (AvgIpc) is 2.78. The van der Waals surface area contributed by atoms with Gasteiger partial charge in [-0.25, -0.2) is 4.39 Å². The fourth-order valence-electron chi connectivity index (χ4n) is 2.27. The van der Waals surface area contributed by atoms with E-state index in [2.05, 4.69) is 12.2 Å². The first kappa shape index (κ1) is 13.5. The van der Waals surface area contributed by atoms with Crippen LogP contribution in [0.4, 0.5) is 4.39 Å². The topological polar surface area (TPSA) is 30.5 Å². The van der Waals surface area contributed by atoms with Crippen molar-refractivity contribution in [3.8, 4) is 0 Å². The Kier molecular flexibility index (Phi) is 4.69. The maximum Gasteiger partial charge on any atom is 0.123 e. The molecule has 0 bridgehead atoms. The van der Waals surface area contributed by atoms with E-state index < -0.39 is 0 Å². The Morgan fingerprint density at radius 2 is 2.17 bits per heavy atom. The Morgan fingerprint density at radius 1 is 1.44 bits per heavy atom. The summed E-state index contributed by atoms with van der Waals surface area (Å²) in [7, 11) is 1.67. The molecule has 2 rings (SSSR count). The van der Waals surface area contributed by atoms with E-state index in [0.717, 1.165) is 18.6 Å². The number of hydrogen-bond donors (Lipinski definition) is 1. The van der Waals surface area contributed by atoms with Crippen molar-refractivity contribution >= 4 is 0 Å². The average molecular weight is 253 g/mol.